The maximum Gasteiger partial charge on any atom is 0.264 e. The van der Waals surface area contributed by atoms with E-state index in [2.05, 4.69) is 37.5 Å². The first kappa shape index (κ1) is 19.3. The molecule has 148 valence electrons. The number of hydrogen-bond acceptors (Lipinski definition) is 5. The standard InChI is InChI=1S/C20H19N5O2S2/c26-29(27,25-19-21-11-2-12-22-19)18-9-7-16(8-10-18)23-20(28)24-17-6-5-14-3-1-4-15(14)13-17/h2,5-13H,1,3-4H2,(H,21,22,25)(H2,23,24,28). The maximum atomic E-state index is 12.4. The Morgan fingerprint density at radius 3 is 2.31 bits per heavy atom. The lowest BCUT2D eigenvalue weighted by Gasteiger charge is -2.12. The zero-order chi connectivity index (χ0) is 20.3. The lowest BCUT2D eigenvalue weighted by Crippen LogP contribution is -2.19. The minimum Gasteiger partial charge on any atom is -0.332 e. The minimum atomic E-state index is -3.76. The van der Waals surface area contributed by atoms with Gasteiger partial charge in [0.2, 0.25) is 5.95 Å². The van der Waals surface area contributed by atoms with Crippen LogP contribution < -0.4 is 15.4 Å². The predicted octanol–water partition coefficient (Wildman–Crippen LogP) is 3.58. The Balaban J connectivity index is 1.39. The van der Waals surface area contributed by atoms with Crippen molar-refractivity contribution in [2.45, 2.75) is 24.2 Å². The number of benzene rings is 2. The second-order valence-electron chi connectivity index (χ2n) is 6.62. The molecule has 4 rings (SSSR count). The number of thiocarbonyl (C=S) groups is 1. The molecule has 2 aromatic carbocycles. The highest BCUT2D eigenvalue weighted by atomic mass is 32.2. The number of aryl methyl sites for hydroxylation is 2. The number of fused-ring (bicyclic) bond motifs is 1. The van der Waals surface area contributed by atoms with Gasteiger partial charge in [-0.05, 0) is 85.1 Å². The van der Waals surface area contributed by atoms with Crippen LogP contribution in [0.3, 0.4) is 0 Å². The quantitative estimate of drug-likeness (QED) is 0.538. The number of anilines is 3. The number of sulfonamides is 1. The maximum absolute atomic E-state index is 12.4. The second-order valence-corrected chi connectivity index (χ2v) is 8.71. The Morgan fingerprint density at radius 2 is 1.55 bits per heavy atom. The van der Waals surface area contributed by atoms with Gasteiger partial charge < -0.3 is 10.6 Å². The molecule has 1 heterocycles. The summed E-state index contributed by atoms with van der Waals surface area (Å²) < 4.78 is 27.2. The molecule has 0 saturated heterocycles. The largest absolute Gasteiger partial charge is 0.332 e. The molecule has 3 N–H and O–H groups in total. The summed E-state index contributed by atoms with van der Waals surface area (Å²) in [6.45, 7) is 0. The summed E-state index contributed by atoms with van der Waals surface area (Å²) in [5.74, 6) is 0.0226. The topological polar surface area (TPSA) is 96.0 Å². The van der Waals surface area contributed by atoms with Crippen molar-refractivity contribution in [2.24, 2.45) is 0 Å². The second kappa shape index (κ2) is 8.14. The number of hydrogen-bond donors (Lipinski definition) is 3. The van der Waals surface area contributed by atoms with E-state index in [1.165, 1.54) is 42.1 Å². The summed E-state index contributed by atoms with van der Waals surface area (Å²) in [5.41, 5.74) is 4.39. The van der Waals surface area contributed by atoms with Crippen LogP contribution in [-0.2, 0) is 22.9 Å². The van der Waals surface area contributed by atoms with Gasteiger partial charge in [0, 0.05) is 23.8 Å². The van der Waals surface area contributed by atoms with Crippen LogP contribution in [0.15, 0.2) is 65.8 Å². The highest BCUT2D eigenvalue weighted by molar-refractivity contribution is 7.92. The third-order valence-electron chi connectivity index (χ3n) is 4.57. The summed E-state index contributed by atoms with van der Waals surface area (Å²) >= 11 is 5.37. The van der Waals surface area contributed by atoms with Gasteiger partial charge in [-0.1, -0.05) is 6.07 Å². The van der Waals surface area contributed by atoms with E-state index in [1.54, 1.807) is 18.2 Å². The average molecular weight is 426 g/mol. The number of rotatable bonds is 5. The third kappa shape index (κ3) is 4.69. The number of nitrogens with zero attached hydrogens (tertiary/aromatic N) is 2. The van der Waals surface area contributed by atoms with Gasteiger partial charge in [-0.3, -0.25) is 0 Å². The third-order valence-corrected chi connectivity index (χ3v) is 6.12. The van der Waals surface area contributed by atoms with E-state index in [0.717, 1.165) is 18.5 Å². The van der Waals surface area contributed by atoms with Crippen LogP contribution in [0.2, 0.25) is 0 Å². The summed E-state index contributed by atoms with van der Waals surface area (Å²) in [7, 11) is -3.76. The van der Waals surface area contributed by atoms with Crippen LogP contribution in [-0.4, -0.2) is 23.5 Å². The molecule has 1 aromatic heterocycles. The van der Waals surface area contributed by atoms with Crippen LogP contribution in [0.4, 0.5) is 17.3 Å². The zero-order valence-electron chi connectivity index (χ0n) is 15.4. The minimum absolute atomic E-state index is 0.0226. The Hall–Kier alpha value is -3.04. The Labute approximate surface area is 174 Å². The molecule has 0 bridgehead atoms. The van der Waals surface area contributed by atoms with Gasteiger partial charge in [-0.2, -0.15) is 0 Å². The molecule has 0 fully saturated rings. The molecule has 0 atom stereocenters. The molecule has 0 spiro atoms. The molecular weight excluding hydrogens is 406 g/mol. The first-order chi connectivity index (χ1) is 14.0. The van der Waals surface area contributed by atoms with Gasteiger partial charge in [0.05, 0.1) is 4.90 Å². The molecule has 0 amide bonds. The van der Waals surface area contributed by atoms with Crippen LogP contribution in [0.1, 0.15) is 17.5 Å². The van der Waals surface area contributed by atoms with Crippen molar-refractivity contribution in [3.8, 4) is 0 Å². The molecule has 29 heavy (non-hydrogen) atoms. The molecular formula is C20H19N5O2S2. The Bertz CT molecular complexity index is 1130. The van der Waals surface area contributed by atoms with E-state index < -0.39 is 10.0 Å². The van der Waals surface area contributed by atoms with Crippen LogP contribution >= 0.6 is 12.2 Å². The molecule has 0 aliphatic heterocycles. The van der Waals surface area contributed by atoms with E-state index >= 15 is 0 Å². The molecule has 0 saturated carbocycles. The molecule has 0 unspecified atom stereocenters. The van der Waals surface area contributed by atoms with Crippen molar-refractivity contribution in [1.29, 1.82) is 0 Å². The van der Waals surface area contributed by atoms with Gasteiger partial charge in [-0.25, -0.2) is 23.1 Å². The van der Waals surface area contributed by atoms with Crippen LogP contribution in [0.25, 0.3) is 0 Å². The summed E-state index contributed by atoms with van der Waals surface area (Å²) in [5, 5.41) is 6.68. The summed E-state index contributed by atoms with van der Waals surface area (Å²) in [6.07, 6.45) is 6.36. The van der Waals surface area contributed by atoms with Gasteiger partial charge >= 0.3 is 0 Å². The van der Waals surface area contributed by atoms with Gasteiger partial charge in [0.25, 0.3) is 10.0 Å². The SMILES string of the molecule is O=S(=O)(Nc1ncccn1)c1ccc(NC(=S)Nc2ccc3c(c2)CCC3)cc1. The van der Waals surface area contributed by atoms with Crippen LogP contribution in [0, 0.1) is 0 Å². The zero-order valence-corrected chi connectivity index (χ0v) is 17.1. The summed E-state index contributed by atoms with van der Waals surface area (Å²) in [6, 6.07) is 14.2. The fourth-order valence-corrected chi connectivity index (χ4v) is 4.39. The van der Waals surface area contributed by atoms with Crippen molar-refractivity contribution in [2.75, 3.05) is 15.4 Å². The van der Waals surface area contributed by atoms with E-state index in [4.69, 9.17) is 12.2 Å². The highest BCUT2D eigenvalue weighted by Crippen LogP contribution is 2.25. The first-order valence-electron chi connectivity index (χ1n) is 9.09. The number of nitrogens with one attached hydrogen (secondary N) is 3. The molecule has 1 aliphatic rings. The average Bonchev–Trinajstić information content (AvgIpc) is 3.16. The summed E-state index contributed by atoms with van der Waals surface area (Å²) in [4.78, 5) is 7.84. The predicted molar refractivity (Wildman–Crippen MR) is 118 cm³/mol. The molecule has 9 heteroatoms. The first-order valence-corrected chi connectivity index (χ1v) is 11.0. The van der Waals surface area contributed by atoms with Gasteiger partial charge in [0.15, 0.2) is 5.11 Å². The molecule has 3 aromatic rings. The Morgan fingerprint density at radius 1 is 0.897 bits per heavy atom. The number of aromatic nitrogens is 2. The van der Waals surface area contributed by atoms with Crippen LogP contribution in [0.5, 0.6) is 0 Å². The van der Waals surface area contributed by atoms with Crippen molar-refractivity contribution in [3.63, 3.8) is 0 Å². The molecule has 7 nitrogen and oxygen atoms in total. The van der Waals surface area contributed by atoms with Crippen molar-refractivity contribution in [3.05, 3.63) is 72.1 Å². The molecule has 1 aliphatic carbocycles. The molecule has 0 radical (unpaired) electrons. The highest BCUT2D eigenvalue weighted by Gasteiger charge is 2.15. The Kier molecular flexibility index (Phi) is 5.41. The van der Waals surface area contributed by atoms with Gasteiger partial charge in [-0.15, -0.1) is 0 Å². The van der Waals surface area contributed by atoms with E-state index in [9.17, 15) is 8.42 Å². The fraction of sp³-hybridized carbons (Fsp3) is 0.150. The lowest BCUT2D eigenvalue weighted by atomic mass is 10.1. The van der Waals surface area contributed by atoms with E-state index in [0.29, 0.717) is 10.8 Å². The normalized spacial score (nSPS) is 12.8. The van der Waals surface area contributed by atoms with Crippen molar-refractivity contribution >= 4 is 44.7 Å². The lowest BCUT2D eigenvalue weighted by molar-refractivity contribution is 0.601. The van der Waals surface area contributed by atoms with Gasteiger partial charge in [0.1, 0.15) is 0 Å². The smallest absolute Gasteiger partial charge is 0.264 e. The van der Waals surface area contributed by atoms with Crippen molar-refractivity contribution in [1.82, 2.24) is 9.97 Å². The van der Waals surface area contributed by atoms with Crippen molar-refractivity contribution < 1.29 is 8.42 Å². The monoisotopic (exact) mass is 425 g/mol. The van der Waals surface area contributed by atoms with E-state index in [-0.39, 0.29) is 10.8 Å². The fourth-order valence-electron chi connectivity index (χ4n) is 3.19. The van der Waals surface area contributed by atoms with E-state index in [1.807, 2.05) is 6.07 Å².